The second-order valence-corrected chi connectivity index (χ2v) is 5.56. The lowest BCUT2D eigenvalue weighted by molar-refractivity contribution is -0.145. The normalized spacial score (nSPS) is 19.7. The molecule has 1 fully saturated rings. The molecule has 3 N–H and O–H groups in total. The molecule has 1 aromatic heterocycles. The van der Waals surface area contributed by atoms with Gasteiger partial charge in [-0.15, -0.1) is 0 Å². The largest absolute Gasteiger partial charge is 0.497 e. The zero-order valence-electron chi connectivity index (χ0n) is 12.6. The molecule has 2 aromatic rings. The molecule has 1 amide bonds. The SMILES string of the molecule is COc1ccc(-c2[nH]ncc2C(=O)NC2CC(C(=O)O)C2)cc1. The van der Waals surface area contributed by atoms with Gasteiger partial charge in [-0.25, -0.2) is 0 Å². The molecule has 1 aromatic carbocycles. The van der Waals surface area contributed by atoms with Crippen molar-refractivity contribution in [1.29, 1.82) is 0 Å². The van der Waals surface area contributed by atoms with E-state index in [1.54, 1.807) is 19.2 Å². The zero-order valence-corrected chi connectivity index (χ0v) is 12.6. The first-order valence-corrected chi connectivity index (χ1v) is 7.30. The van der Waals surface area contributed by atoms with Crippen LogP contribution in [0.1, 0.15) is 23.2 Å². The van der Waals surface area contributed by atoms with Gasteiger partial charge in [0.1, 0.15) is 5.75 Å². The predicted molar refractivity (Wildman–Crippen MR) is 82.2 cm³/mol. The minimum Gasteiger partial charge on any atom is -0.497 e. The van der Waals surface area contributed by atoms with Crippen LogP contribution in [0.4, 0.5) is 0 Å². The number of amides is 1. The number of ether oxygens (including phenoxy) is 1. The third-order valence-corrected chi connectivity index (χ3v) is 4.09. The van der Waals surface area contributed by atoms with Gasteiger partial charge >= 0.3 is 5.97 Å². The Bertz CT molecular complexity index is 717. The summed E-state index contributed by atoms with van der Waals surface area (Å²) in [6, 6.07) is 7.20. The van der Waals surface area contributed by atoms with E-state index in [2.05, 4.69) is 15.5 Å². The number of nitrogens with zero attached hydrogens (tertiary/aromatic N) is 1. The molecule has 120 valence electrons. The lowest BCUT2D eigenvalue weighted by Crippen LogP contribution is -2.46. The Balaban J connectivity index is 1.70. The number of aliphatic carboxylic acids is 1. The number of aromatic nitrogens is 2. The van der Waals surface area contributed by atoms with E-state index in [1.807, 2.05) is 12.1 Å². The number of hydrogen-bond donors (Lipinski definition) is 3. The number of carbonyl (C=O) groups is 2. The molecule has 1 aliphatic carbocycles. The summed E-state index contributed by atoms with van der Waals surface area (Å²) in [4.78, 5) is 23.2. The van der Waals surface area contributed by atoms with Crippen LogP contribution in [-0.2, 0) is 4.79 Å². The first-order valence-electron chi connectivity index (χ1n) is 7.30. The van der Waals surface area contributed by atoms with E-state index >= 15 is 0 Å². The van der Waals surface area contributed by atoms with E-state index in [1.165, 1.54) is 6.20 Å². The van der Waals surface area contributed by atoms with Crippen LogP contribution in [0.5, 0.6) is 5.75 Å². The van der Waals surface area contributed by atoms with Crippen molar-refractivity contribution in [2.24, 2.45) is 5.92 Å². The van der Waals surface area contributed by atoms with Crippen molar-refractivity contribution in [2.45, 2.75) is 18.9 Å². The first-order chi connectivity index (χ1) is 11.1. The van der Waals surface area contributed by atoms with E-state index in [4.69, 9.17) is 9.84 Å². The maximum atomic E-state index is 12.4. The van der Waals surface area contributed by atoms with Crippen LogP contribution < -0.4 is 10.1 Å². The highest BCUT2D eigenvalue weighted by molar-refractivity contribution is 6.00. The molecule has 1 heterocycles. The zero-order chi connectivity index (χ0) is 16.4. The van der Waals surface area contributed by atoms with E-state index in [0.29, 0.717) is 24.1 Å². The summed E-state index contributed by atoms with van der Waals surface area (Å²) in [5.74, 6) is -0.685. The first kappa shape index (κ1) is 15.1. The number of H-pyrrole nitrogens is 1. The van der Waals surface area contributed by atoms with Gasteiger partial charge in [0, 0.05) is 11.6 Å². The molecule has 1 aliphatic rings. The predicted octanol–water partition coefficient (Wildman–Crippen LogP) is 1.68. The Labute approximate surface area is 132 Å². The average molecular weight is 315 g/mol. The fraction of sp³-hybridized carbons (Fsp3) is 0.312. The monoisotopic (exact) mass is 315 g/mol. The molecule has 0 spiro atoms. The summed E-state index contributed by atoms with van der Waals surface area (Å²) in [6.07, 6.45) is 2.41. The quantitative estimate of drug-likeness (QED) is 0.778. The number of nitrogens with one attached hydrogen (secondary N) is 2. The standard InChI is InChI=1S/C16H17N3O4/c1-23-12-4-2-9(3-5-12)14-13(8-17-19-14)15(20)18-11-6-10(7-11)16(21)22/h2-5,8,10-11H,6-7H2,1H3,(H,17,19)(H,18,20)(H,21,22). The number of methoxy groups -OCH3 is 1. The molecule has 0 aliphatic heterocycles. The van der Waals surface area contributed by atoms with Crippen LogP contribution in [0.15, 0.2) is 30.5 Å². The van der Waals surface area contributed by atoms with Crippen molar-refractivity contribution in [1.82, 2.24) is 15.5 Å². The molecule has 1 saturated carbocycles. The van der Waals surface area contributed by atoms with Crippen molar-refractivity contribution in [2.75, 3.05) is 7.11 Å². The fourth-order valence-electron chi connectivity index (χ4n) is 2.64. The fourth-order valence-corrected chi connectivity index (χ4v) is 2.64. The van der Waals surface area contributed by atoms with Crippen LogP contribution in [-0.4, -0.2) is 40.3 Å². The number of hydrogen-bond acceptors (Lipinski definition) is 4. The van der Waals surface area contributed by atoms with Gasteiger partial charge < -0.3 is 15.2 Å². The van der Waals surface area contributed by atoms with Crippen LogP contribution in [0.2, 0.25) is 0 Å². The lowest BCUT2D eigenvalue weighted by atomic mass is 9.80. The van der Waals surface area contributed by atoms with Crippen LogP contribution >= 0.6 is 0 Å². The van der Waals surface area contributed by atoms with Crippen molar-refractivity contribution >= 4 is 11.9 Å². The summed E-state index contributed by atoms with van der Waals surface area (Å²) in [5.41, 5.74) is 1.89. The molecule has 0 saturated heterocycles. The summed E-state index contributed by atoms with van der Waals surface area (Å²) >= 11 is 0. The van der Waals surface area contributed by atoms with Crippen molar-refractivity contribution in [3.63, 3.8) is 0 Å². The Morgan fingerprint density at radius 1 is 1.30 bits per heavy atom. The molecule has 0 bridgehead atoms. The van der Waals surface area contributed by atoms with Crippen LogP contribution in [0, 0.1) is 5.92 Å². The molecule has 0 atom stereocenters. The van der Waals surface area contributed by atoms with E-state index < -0.39 is 5.97 Å². The van der Waals surface area contributed by atoms with Gasteiger partial charge in [-0.2, -0.15) is 5.10 Å². The third-order valence-electron chi connectivity index (χ3n) is 4.09. The second kappa shape index (κ2) is 6.12. The average Bonchev–Trinajstić information content (AvgIpc) is 2.99. The van der Waals surface area contributed by atoms with Crippen molar-refractivity contribution in [3.05, 3.63) is 36.0 Å². The maximum absolute atomic E-state index is 12.4. The Kier molecular flexibility index (Phi) is 4.01. The maximum Gasteiger partial charge on any atom is 0.306 e. The molecule has 7 heteroatoms. The molecule has 3 rings (SSSR count). The highest BCUT2D eigenvalue weighted by atomic mass is 16.5. The summed E-state index contributed by atoms with van der Waals surface area (Å²) in [7, 11) is 1.59. The number of carboxylic acid groups (broad SMARTS) is 1. The molecule has 7 nitrogen and oxygen atoms in total. The van der Waals surface area contributed by atoms with Gasteiger partial charge in [0.25, 0.3) is 5.91 Å². The van der Waals surface area contributed by atoms with Gasteiger partial charge in [0.2, 0.25) is 0 Å². The molecule has 23 heavy (non-hydrogen) atoms. The smallest absolute Gasteiger partial charge is 0.306 e. The highest BCUT2D eigenvalue weighted by Gasteiger charge is 2.35. The Morgan fingerprint density at radius 3 is 2.61 bits per heavy atom. The second-order valence-electron chi connectivity index (χ2n) is 5.56. The molecule has 0 radical (unpaired) electrons. The summed E-state index contributed by atoms with van der Waals surface area (Å²) in [5, 5.41) is 18.5. The lowest BCUT2D eigenvalue weighted by Gasteiger charge is -2.32. The van der Waals surface area contributed by atoms with Gasteiger partial charge in [0.05, 0.1) is 30.5 Å². The number of carboxylic acids is 1. The molecular weight excluding hydrogens is 298 g/mol. The van der Waals surface area contributed by atoms with Crippen LogP contribution in [0.25, 0.3) is 11.3 Å². The highest BCUT2D eigenvalue weighted by Crippen LogP contribution is 2.29. The van der Waals surface area contributed by atoms with E-state index in [-0.39, 0.29) is 17.9 Å². The van der Waals surface area contributed by atoms with E-state index in [9.17, 15) is 9.59 Å². The minimum atomic E-state index is -0.808. The number of benzene rings is 1. The summed E-state index contributed by atoms with van der Waals surface area (Å²) < 4.78 is 5.12. The van der Waals surface area contributed by atoms with Gasteiger partial charge in [0.15, 0.2) is 0 Å². The number of rotatable bonds is 5. The number of carbonyl (C=O) groups excluding carboxylic acids is 1. The topological polar surface area (TPSA) is 104 Å². The Hall–Kier alpha value is -2.83. The van der Waals surface area contributed by atoms with E-state index in [0.717, 1.165) is 11.3 Å². The van der Waals surface area contributed by atoms with Crippen LogP contribution in [0.3, 0.4) is 0 Å². The van der Waals surface area contributed by atoms with Gasteiger partial charge in [-0.3, -0.25) is 14.7 Å². The summed E-state index contributed by atoms with van der Waals surface area (Å²) in [6.45, 7) is 0. The van der Waals surface area contributed by atoms with Gasteiger partial charge in [-0.1, -0.05) is 0 Å². The van der Waals surface area contributed by atoms with Crippen molar-refractivity contribution < 1.29 is 19.4 Å². The van der Waals surface area contributed by atoms with Crippen molar-refractivity contribution in [3.8, 4) is 17.0 Å². The third kappa shape index (κ3) is 3.03. The Morgan fingerprint density at radius 2 is 2.00 bits per heavy atom. The number of aromatic amines is 1. The molecule has 0 unspecified atom stereocenters. The molecular formula is C16H17N3O4. The minimum absolute atomic E-state index is 0.0952. The van der Waals surface area contributed by atoms with Gasteiger partial charge in [-0.05, 0) is 37.1 Å².